The van der Waals surface area contributed by atoms with Crippen molar-refractivity contribution in [2.45, 2.75) is 104 Å². The number of imide groups is 2. The molecule has 0 radical (unpaired) electrons. The zero-order valence-corrected chi connectivity index (χ0v) is 36.3. The summed E-state index contributed by atoms with van der Waals surface area (Å²) in [6.45, 7) is 6.36. The number of aromatic nitrogens is 3. The van der Waals surface area contributed by atoms with Gasteiger partial charge >= 0.3 is 0 Å². The number of hydrogen-bond acceptors (Lipinski definition) is 7. The van der Waals surface area contributed by atoms with Gasteiger partial charge < -0.3 is 0 Å². The molecule has 0 fully saturated rings. The normalized spacial score (nSPS) is 14.1. The summed E-state index contributed by atoms with van der Waals surface area (Å²) in [6, 6.07) is 22.7. The van der Waals surface area contributed by atoms with Crippen molar-refractivity contribution in [3.63, 3.8) is 0 Å². The SMILES string of the molecule is CCCCCCC(CCCCCC)N1C(=O)c2ccc3c4ccc5c6c(ccc(c7ccc(c2c37)C1=O)c64)C(=O)N(Cc1ccc(Cn2nnc(C(C)=O)c2I)cc1)C5=O. The lowest BCUT2D eigenvalue weighted by atomic mass is 9.82. The van der Waals surface area contributed by atoms with Crippen LogP contribution in [0.2, 0.25) is 0 Å². The van der Waals surface area contributed by atoms with E-state index in [-0.39, 0.29) is 42.0 Å². The van der Waals surface area contributed by atoms with Crippen LogP contribution in [0.15, 0.2) is 72.8 Å². The first kappa shape index (κ1) is 39.9. The largest absolute Gasteiger partial charge is 0.293 e. The second kappa shape index (κ2) is 16.1. The molecule has 10 nitrogen and oxygen atoms in total. The van der Waals surface area contributed by atoms with Crippen molar-refractivity contribution in [2.24, 2.45) is 0 Å². The molecule has 2 aliphatic heterocycles. The molecule has 0 atom stereocenters. The molecule has 0 unspecified atom stereocenters. The van der Waals surface area contributed by atoms with E-state index in [2.05, 4.69) is 46.8 Å². The van der Waals surface area contributed by atoms with Crippen LogP contribution >= 0.6 is 22.6 Å². The Morgan fingerprint density at radius 1 is 0.567 bits per heavy atom. The Hall–Kier alpha value is -5.56. The van der Waals surface area contributed by atoms with Crippen molar-refractivity contribution in [2.75, 3.05) is 0 Å². The fourth-order valence-corrected chi connectivity index (χ4v) is 10.3. The molecule has 0 spiro atoms. The third-order valence-electron chi connectivity index (χ3n) is 12.6. The van der Waals surface area contributed by atoms with Gasteiger partial charge in [-0.15, -0.1) is 5.10 Å². The number of amides is 4. The highest BCUT2D eigenvalue weighted by atomic mass is 127. The topological polar surface area (TPSA) is 123 Å². The maximum absolute atomic E-state index is 14.5. The van der Waals surface area contributed by atoms with Crippen molar-refractivity contribution in [1.82, 2.24) is 24.8 Å². The van der Waals surface area contributed by atoms with Crippen LogP contribution in [0.25, 0.3) is 43.1 Å². The molecule has 0 N–H and O–H groups in total. The number of carbonyl (C=O) groups is 5. The van der Waals surface area contributed by atoms with Gasteiger partial charge in [0.25, 0.3) is 23.6 Å². The highest BCUT2D eigenvalue weighted by Crippen LogP contribution is 2.46. The average molecular weight is 912 g/mol. The van der Waals surface area contributed by atoms with Gasteiger partial charge in [0.1, 0.15) is 3.70 Å². The summed E-state index contributed by atoms with van der Waals surface area (Å²) < 4.78 is 2.33. The van der Waals surface area contributed by atoms with E-state index in [1.165, 1.54) is 11.8 Å². The Balaban J connectivity index is 1.05. The molecule has 3 heterocycles. The van der Waals surface area contributed by atoms with Crippen molar-refractivity contribution in [3.8, 4) is 0 Å². The molecular weight excluding hydrogens is 865 g/mol. The summed E-state index contributed by atoms with van der Waals surface area (Å²) in [6.07, 6.45) is 10.3. The van der Waals surface area contributed by atoms with Gasteiger partial charge in [-0.2, -0.15) is 0 Å². The summed E-state index contributed by atoms with van der Waals surface area (Å²) in [5.41, 5.74) is 4.09. The maximum Gasteiger partial charge on any atom is 0.261 e. The van der Waals surface area contributed by atoms with Gasteiger partial charge in [0, 0.05) is 46.0 Å². The van der Waals surface area contributed by atoms with Crippen LogP contribution in [0.3, 0.4) is 0 Å². The number of ketones is 1. The monoisotopic (exact) mass is 911 g/mol. The number of rotatable bonds is 16. The van der Waals surface area contributed by atoms with Crippen LogP contribution in [0.5, 0.6) is 0 Å². The second-order valence-corrected chi connectivity index (χ2v) is 17.5. The number of halogens is 1. The van der Waals surface area contributed by atoms with Crippen LogP contribution in [-0.2, 0) is 13.1 Å². The molecule has 1 aromatic heterocycles. The lowest BCUT2D eigenvalue weighted by molar-refractivity contribution is 0.0514. The smallest absolute Gasteiger partial charge is 0.261 e. The zero-order valence-electron chi connectivity index (χ0n) is 34.1. The first-order valence-corrected chi connectivity index (χ1v) is 22.3. The molecule has 304 valence electrons. The second-order valence-electron chi connectivity index (χ2n) is 16.4. The van der Waals surface area contributed by atoms with Crippen LogP contribution in [0.4, 0.5) is 0 Å². The van der Waals surface area contributed by atoms with E-state index in [0.717, 1.165) is 108 Å². The third-order valence-corrected chi connectivity index (χ3v) is 13.7. The standard InChI is InChI=1S/C49H46IN5O5/c1-4-6-8-10-12-31(13-11-9-7-5-2)55-48(59)38-24-20-34-32-18-22-36-42-37(23-19-33(40(32)42)35-21-25-39(49(55)60)43(38)41(34)35)47(58)53(46(36)57)26-29-14-16-30(17-15-29)27-54-45(50)44(28(3)56)51-52-54/h14-25,31H,4-13,26-27H2,1-3H3. The first-order valence-electron chi connectivity index (χ1n) is 21.2. The quantitative estimate of drug-likeness (QED) is 0.0236. The van der Waals surface area contributed by atoms with Gasteiger partial charge in [-0.1, -0.05) is 119 Å². The van der Waals surface area contributed by atoms with Crippen molar-refractivity contribution in [3.05, 3.63) is 116 Å². The van der Waals surface area contributed by atoms with Gasteiger partial charge in [-0.3, -0.25) is 33.8 Å². The minimum Gasteiger partial charge on any atom is -0.293 e. The number of nitrogens with zero attached hydrogens (tertiary/aromatic N) is 5. The minimum absolute atomic E-state index is 0.100. The molecule has 6 aromatic carbocycles. The van der Waals surface area contributed by atoms with E-state index in [1.807, 2.05) is 72.8 Å². The van der Waals surface area contributed by atoms with Gasteiger partial charge in [0.2, 0.25) is 0 Å². The van der Waals surface area contributed by atoms with Crippen LogP contribution in [0.1, 0.15) is 148 Å². The average Bonchev–Trinajstić information content (AvgIpc) is 3.62. The molecular formula is C49H46IN5O5. The number of fused-ring (bicyclic) bond motifs is 2. The first-order chi connectivity index (χ1) is 29.1. The Labute approximate surface area is 361 Å². The Kier molecular flexibility index (Phi) is 10.7. The lowest BCUT2D eigenvalue weighted by Crippen LogP contribution is -2.47. The van der Waals surface area contributed by atoms with E-state index in [9.17, 15) is 24.0 Å². The summed E-state index contributed by atoms with van der Waals surface area (Å²) in [7, 11) is 0. The zero-order chi connectivity index (χ0) is 41.8. The number of benzene rings is 6. The number of hydrogen-bond donors (Lipinski definition) is 0. The van der Waals surface area contributed by atoms with Crippen molar-refractivity contribution < 1.29 is 24.0 Å². The van der Waals surface area contributed by atoms with Gasteiger partial charge in [0.05, 0.1) is 13.1 Å². The number of carbonyl (C=O) groups excluding carboxylic acids is 5. The van der Waals surface area contributed by atoms with Gasteiger partial charge in [-0.25, -0.2) is 4.68 Å². The van der Waals surface area contributed by atoms with Crippen LogP contribution < -0.4 is 0 Å². The predicted molar refractivity (Wildman–Crippen MR) is 242 cm³/mol. The minimum atomic E-state index is -0.361. The summed E-state index contributed by atoms with van der Waals surface area (Å²) in [5, 5.41) is 14.6. The molecule has 9 rings (SSSR count). The number of Topliss-reactive ketones (excluding diaryl/α,β-unsaturated/α-hetero) is 1. The fourth-order valence-electron chi connectivity index (χ4n) is 9.55. The molecule has 11 heteroatoms. The lowest BCUT2D eigenvalue weighted by Gasteiger charge is -2.35. The summed E-state index contributed by atoms with van der Waals surface area (Å²) >= 11 is 2.07. The molecule has 7 aromatic rings. The van der Waals surface area contributed by atoms with Crippen molar-refractivity contribution in [1.29, 1.82) is 0 Å². The highest BCUT2D eigenvalue weighted by Gasteiger charge is 2.39. The Morgan fingerprint density at radius 3 is 1.42 bits per heavy atom. The summed E-state index contributed by atoms with van der Waals surface area (Å²) in [4.78, 5) is 72.2. The predicted octanol–water partition coefficient (Wildman–Crippen LogP) is 10.9. The molecule has 0 bridgehead atoms. The van der Waals surface area contributed by atoms with E-state index in [1.54, 1.807) is 9.58 Å². The maximum atomic E-state index is 14.5. The molecule has 4 amide bonds. The summed E-state index contributed by atoms with van der Waals surface area (Å²) in [5.74, 6) is -1.30. The van der Waals surface area contributed by atoms with Crippen LogP contribution in [0, 0.1) is 3.70 Å². The van der Waals surface area contributed by atoms with E-state index in [4.69, 9.17) is 0 Å². The van der Waals surface area contributed by atoms with E-state index < -0.39 is 0 Å². The van der Waals surface area contributed by atoms with E-state index >= 15 is 0 Å². The molecule has 60 heavy (non-hydrogen) atoms. The fraction of sp³-hybridized carbons (Fsp3) is 0.327. The van der Waals surface area contributed by atoms with Gasteiger partial charge in [0.15, 0.2) is 11.5 Å². The number of unbranched alkanes of at least 4 members (excludes halogenated alkanes) is 6. The molecule has 0 saturated carbocycles. The molecule has 2 aliphatic rings. The molecule has 0 aliphatic carbocycles. The van der Waals surface area contributed by atoms with Crippen LogP contribution in [-0.4, -0.2) is 60.2 Å². The molecule has 0 saturated heterocycles. The Morgan fingerprint density at radius 2 is 1.00 bits per heavy atom. The van der Waals surface area contributed by atoms with Crippen molar-refractivity contribution >= 4 is 95.1 Å². The van der Waals surface area contributed by atoms with Gasteiger partial charge in [-0.05, 0) is 103 Å². The highest BCUT2D eigenvalue weighted by molar-refractivity contribution is 14.1. The Bertz CT molecular complexity index is 2770. The van der Waals surface area contributed by atoms with E-state index in [0.29, 0.717) is 49.0 Å². The third kappa shape index (κ3) is 6.56.